The van der Waals surface area contributed by atoms with Crippen LogP contribution in [0.1, 0.15) is 23.2 Å². The Balaban J connectivity index is 1.54. The lowest BCUT2D eigenvalue weighted by Gasteiger charge is -2.37. The van der Waals surface area contributed by atoms with Crippen molar-refractivity contribution >= 4 is 12.0 Å². The zero-order valence-corrected chi connectivity index (χ0v) is 17.4. The van der Waals surface area contributed by atoms with Gasteiger partial charge in [0.1, 0.15) is 11.2 Å². The number of piperidine rings is 1. The summed E-state index contributed by atoms with van der Waals surface area (Å²) in [5, 5.41) is 0. The van der Waals surface area contributed by atoms with Gasteiger partial charge in [0.2, 0.25) is 0 Å². The molecule has 1 aromatic rings. The molecule has 2 amide bonds. The van der Waals surface area contributed by atoms with Gasteiger partial charge in [-0.05, 0) is 19.2 Å². The zero-order valence-electron chi connectivity index (χ0n) is 17.4. The van der Waals surface area contributed by atoms with E-state index in [1.165, 1.54) is 4.57 Å². The third-order valence-electron chi connectivity index (χ3n) is 5.79. The Hall–Kier alpha value is -2.39. The van der Waals surface area contributed by atoms with E-state index in [0.717, 1.165) is 13.1 Å². The summed E-state index contributed by atoms with van der Waals surface area (Å²) in [6.45, 7) is 4.27. The van der Waals surface area contributed by atoms with Gasteiger partial charge in [-0.15, -0.1) is 0 Å². The van der Waals surface area contributed by atoms with Crippen LogP contribution >= 0.6 is 0 Å². The summed E-state index contributed by atoms with van der Waals surface area (Å²) in [4.78, 5) is 42.8. The fraction of sp³-hybridized carbons (Fsp3) is 0.650. The van der Waals surface area contributed by atoms with Gasteiger partial charge in [0.25, 0.3) is 11.5 Å². The Bertz CT molecular complexity index is 800. The minimum Gasteiger partial charge on any atom is -0.441 e. The maximum Gasteiger partial charge on any atom is 0.410 e. The lowest BCUT2D eigenvalue weighted by Crippen LogP contribution is -2.49. The highest BCUT2D eigenvalue weighted by molar-refractivity contribution is 5.93. The van der Waals surface area contributed by atoms with E-state index in [4.69, 9.17) is 9.47 Å². The second-order valence-electron chi connectivity index (χ2n) is 7.90. The Labute approximate surface area is 170 Å². The monoisotopic (exact) mass is 406 g/mol. The molecule has 1 spiro atoms. The van der Waals surface area contributed by atoms with Gasteiger partial charge >= 0.3 is 6.09 Å². The van der Waals surface area contributed by atoms with Crippen molar-refractivity contribution < 1.29 is 19.1 Å². The van der Waals surface area contributed by atoms with Crippen molar-refractivity contribution in [2.24, 2.45) is 7.05 Å². The number of rotatable bonds is 7. The average Bonchev–Trinajstić information content (AvgIpc) is 3.01. The molecule has 0 saturated carbocycles. The second-order valence-corrected chi connectivity index (χ2v) is 7.90. The number of methoxy groups -OCH3 is 1. The Morgan fingerprint density at radius 1 is 1.28 bits per heavy atom. The van der Waals surface area contributed by atoms with Crippen molar-refractivity contribution in [3.63, 3.8) is 0 Å². The van der Waals surface area contributed by atoms with E-state index in [-0.39, 0.29) is 23.1 Å². The van der Waals surface area contributed by atoms with Gasteiger partial charge in [-0.2, -0.15) is 0 Å². The molecule has 2 saturated heterocycles. The Kier molecular flexibility index (Phi) is 6.59. The molecule has 0 unspecified atom stereocenters. The number of likely N-dealkylation sites (tertiary alicyclic amines) is 1. The minimum absolute atomic E-state index is 0.176. The van der Waals surface area contributed by atoms with E-state index in [0.29, 0.717) is 45.6 Å². The highest BCUT2D eigenvalue weighted by Gasteiger charge is 2.47. The predicted molar refractivity (Wildman–Crippen MR) is 107 cm³/mol. The molecule has 0 aromatic carbocycles. The molecule has 2 aliphatic heterocycles. The number of hydrogen-bond donors (Lipinski definition) is 0. The van der Waals surface area contributed by atoms with E-state index in [1.807, 2.05) is 7.05 Å². The Morgan fingerprint density at radius 2 is 2.00 bits per heavy atom. The molecule has 2 fully saturated rings. The summed E-state index contributed by atoms with van der Waals surface area (Å²) in [6, 6.07) is 3.26. The van der Waals surface area contributed by atoms with Crippen molar-refractivity contribution in [1.29, 1.82) is 0 Å². The van der Waals surface area contributed by atoms with E-state index < -0.39 is 5.60 Å². The minimum atomic E-state index is -0.541. The van der Waals surface area contributed by atoms with Crippen molar-refractivity contribution in [2.45, 2.75) is 18.4 Å². The number of carbonyl (C=O) groups is 2. The van der Waals surface area contributed by atoms with Gasteiger partial charge in [0.15, 0.2) is 0 Å². The van der Waals surface area contributed by atoms with Gasteiger partial charge in [0, 0.05) is 65.9 Å². The fourth-order valence-corrected chi connectivity index (χ4v) is 3.82. The lowest BCUT2D eigenvalue weighted by molar-refractivity contribution is 0.00306. The van der Waals surface area contributed by atoms with Gasteiger partial charge in [0.05, 0.1) is 13.2 Å². The molecular weight excluding hydrogens is 376 g/mol. The smallest absolute Gasteiger partial charge is 0.410 e. The number of ether oxygens (including phenoxy) is 2. The first-order valence-electron chi connectivity index (χ1n) is 9.95. The molecule has 2 aliphatic rings. The van der Waals surface area contributed by atoms with Gasteiger partial charge in [-0.25, -0.2) is 4.79 Å². The van der Waals surface area contributed by atoms with Crippen molar-refractivity contribution in [3.05, 3.63) is 34.2 Å². The number of pyridine rings is 1. The molecule has 0 bridgehead atoms. The molecule has 9 nitrogen and oxygen atoms in total. The van der Waals surface area contributed by atoms with E-state index in [9.17, 15) is 14.4 Å². The van der Waals surface area contributed by atoms with Crippen molar-refractivity contribution in [1.82, 2.24) is 19.3 Å². The van der Waals surface area contributed by atoms with Crippen LogP contribution in [-0.2, 0) is 16.5 Å². The second kappa shape index (κ2) is 8.96. The van der Waals surface area contributed by atoms with Gasteiger partial charge in [-0.1, -0.05) is 0 Å². The number of aromatic nitrogens is 1. The van der Waals surface area contributed by atoms with Crippen LogP contribution in [0.2, 0.25) is 0 Å². The average molecular weight is 406 g/mol. The molecule has 1 aromatic heterocycles. The highest BCUT2D eigenvalue weighted by Crippen LogP contribution is 2.33. The summed E-state index contributed by atoms with van der Waals surface area (Å²) in [6.07, 6.45) is 2.49. The van der Waals surface area contributed by atoms with E-state index in [1.54, 1.807) is 42.3 Å². The van der Waals surface area contributed by atoms with E-state index >= 15 is 0 Å². The molecule has 0 radical (unpaired) electrons. The van der Waals surface area contributed by atoms with Crippen LogP contribution in [0.25, 0.3) is 0 Å². The lowest BCUT2D eigenvalue weighted by atomic mass is 9.91. The predicted octanol–water partition coefficient (Wildman–Crippen LogP) is 0.391. The fourth-order valence-electron chi connectivity index (χ4n) is 3.82. The highest BCUT2D eigenvalue weighted by atomic mass is 16.6. The van der Waals surface area contributed by atoms with Crippen LogP contribution in [-0.4, -0.2) is 96.9 Å². The maximum absolute atomic E-state index is 12.7. The number of likely N-dealkylation sites (N-methyl/N-ethyl adjacent to an activating group) is 1. The number of aryl methyl sites for hydroxylation is 1. The molecule has 160 valence electrons. The number of amides is 2. The quantitative estimate of drug-likeness (QED) is 0.651. The molecular formula is C20H30N4O5. The number of nitrogens with zero attached hydrogens (tertiary/aromatic N) is 4. The topological polar surface area (TPSA) is 84.3 Å². The van der Waals surface area contributed by atoms with Crippen LogP contribution in [0.3, 0.4) is 0 Å². The molecule has 29 heavy (non-hydrogen) atoms. The molecule has 0 atom stereocenters. The largest absolute Gasteiger partial charge is 0.441 e. The SMILES string of the molecule is COCCN(C)CCN1CC2(CCN(C(=O)c3cccn(C)c3=O)CC2)OC1=O. The summed E-state index contributed by atoms with van der Waals surface area (Å²) >= 11 is 0. The third-order valence-corrected chi connectivity index (χ3v) is 5.79. The molecule has 9 heteroatoms. The van der Waals surface area contributed by atoms with Crippen LogP contribution in [0.4, 0.5) is 4.79 Å². The van der Waals surface area contributed by atoms with Gasteiger partial charge in [-0.3, -0.25) is 9.59 Å². The summed E-state index contributed by atoms with van der Waals surface area (Å²) < 4.78 is 12.2. The summed E-state index contributed by atoms with van der Waals surface area (Å²) in [7, 11) is 5.29. The first-order chi connectivity index (χ1) is 13.8. The normalized spacial score (nSPS) is 18.6. The first kappa shape index (κ1) is 21.3. The maximum atomic E-state index is 12.7. The number of hydrogen-bond acceptors (Lipinski definition) is 6. The van der Waals surface area contributed by atoms with Crippen LogP contribution < -0.4 is 5.56 Å². The molecule has 3 rings (SSSR count). The third kappa shape index (κ3) is 4.79. The summed E-state index contributed by atoms with van der Waals surface area (Å²) in [5.74, 6) is -0.262. The van der Waals surface area contributed by atoms with Crippen LogP contribution in [0.5, 0.6) is 0 Å². The molecule has 0 aliphatic carbocycles. The van der Waals surface area contributed by atoms with Crippen molar-refractivity contribution in [2.75, 3.05) is 60.0 Å². The zero-order chi connectivity index (χ0) is 21.0. The molecule has 3 heterocycles. The standard InChI is InChI=1S/C20H30N4O5/c1-21(13-14-28-3)11-12-24-15-20(29-19(24)27)6-9-23(10-7-20)18(26)16-5-4-8-22(2)17(16)25/h4-5,8H,6-7,9-15H2,1-3H3. The van der Waals surface area contributed by atoms with Crippen LogP contribution in [0, 0.1) is 0 Å². The van der Waals surface area contributed by atoms with Gasteiger partial charge < -0.3 is 28.7 Å². The summed E-state index contributed by atoms with van der Waals surface area (Å²) in [5.41, 5.74) is -0.662. The number of carbonyl (C=O) groups excluding carboxylic acids is 2. The Morgan fingerprint density at radius 3 is 2.69 bits per heavy atom. The first-order valence-corrected chi connectivity index (χ1v) is 9.95. The van der Waals surface area contributed by atoms with E-state index in [2.05, 4.69) is 4.90 Å². The molecule has 0 N–H and O–H groups in total. The van der Waals surface area contributed by atoms with Crippen LogP contribution in [0.15, 0.2) is 23.1 Å². The van der Waals surface area contributed by atoms with Crippen molar-refractivity contribution in [3.8, 4) is 0 Å².